The monoisotopic (exact) mass is 371 g/mol. The molecule has 0 aromatic heterocycles. The van der Waals surface area contributed by atoms with E-state index in [0.717, 1.165) is 0 Å². The highest BCUT2D eigenvalue weighted by atomic mass is 32.2. The van der Waals surface area contributed by atoms with Gasteiger partial charge in [-0.25, -0.2) is 17.6 Å². The lowest BCUT2D eigenvalue weighted by Crippen LogP contribution is -2.54. The Morgan fingerprint density at radius 3 is 2.20 bits per heavy atom. The van der Waals surface area contributed by atoms with Crippen molar-refractivity contribution in [3.63, 3.8) is 0 Å². The van der Waals surface area contributed by atoms with Crippen LogP contribution in [0.1, 0.15) is 26.3 Å². The Hall–Kier alpha value is -1.67. The van der Waals surface area contributed by atoms with E-state index in [-0.39, 0.29) is 30.3 Å². The van der Waals surface area contributed by atoms with Gasteiger partial charge in [0.1, 0.15) is 5.82 Å². The maximum atomic E-state index is 12.9. The Labute approximate surface area is 149 Å². The molecule has 1 N–H and O–H groups in total. The standard InChI is InChI=1S/C17H26FN3O3S/c1-17(2,3)13-19-16(22)20-8-10-21(11-9-20)25(23,24)12-14-4-6-15(18)7-5-14/h4-7H,8-13H2,1-3H3,(H,19,22). The summed E-state index contributed by atoms with van der Waals surface area (Å²) < 4.78 is 39.3. The summed E-state index contributed by atoms with van der Waals surface area (Å²) >= 11 is 0. The summed E-state index contributed by atoms with van der Waals surface area (Å²) in [6, 6.07) is 5.29. The van der Waals surface area contributed by atoms with Crippen molar-refractivity contribution in [1.82, 2.24) is 14.5 Å². The number of benzene rings is 1. The summed E-state index contributed by atoms with van der Waals surface area (Å²) in [6.45, 7) is 7.93. The van der Waals surface area contributed by atoms with Crippen LogP contribution in [0.25, 0.3) is 0 Å². The number of hydrogen-bond donors (Lipinski definition) is 1. The molecule has 0 unspecified atom stereocenters. The zero-order valence-corrected chi connectivity index (χ0v) is 15.8. The number of carbonyl (C=O) groups is 1. The summed E-state index contributed by atoms with van der Waals surface area (Å²) in [6.07, 6.45) is 0. The number of nitrogens with one attached hydrogen (secondary N) is 1. The smallest absolute Gasteiger partial charge is 0.317 e. The van der Waals surface area contributed by atoms with Crippen molar-refractivity contribution in [2.75, 3.05) is 32.7 Å². The fourth-order valence-electron chi connectivity index (χ4n) is 2.50. The topological polar surface area (TPSA) is 69.7 Å². The first-order valence-electron chi connectivity index (χ1n) is 8.32. The number of rotatable bonds is 4. The molecule has 0 spiro atoms. The summed E-state index contributed by atoms with van der Waals surface area (Å²) in [5.41, 5.74) is 0.544. The lowest BCUT2D eigenvalue weighted by molar-refractivity contribution is 0.168. The van der Waals surface area contributed by atoms with Crippen molar-refractivity contribution >= 4 is 16.1 Å². The highest BCUT2D eigenvalue weighted by Crippen LogP contribution is 2.15. The second-order valence-corrected chi connectivity index (χ2v) is 9.46. The fourth-order valence-corrected chi connectivity index (χ4v) is 4.02. The number of piperazine rings is 1. The molecule has 8 heteroatoms. The molecule has 1 aliphatic heterocycles. The molecular weight excluding hydrogens is 345 g/mol. The predicted octanol–water partition coefficient (Wildman–Crippen LogP) is 2.03. The van der Waals surface area contributed by atoms with E-state index < -0.39 is 15.8 Å². The van der Waals surface area contributed by atoms with Crippen molar-refractivity contribution in [2.24, 2.45) is 5.41 Å². The van der Waals surface area contributed by atoms with Gasteiger partial charge >= 0.3 is 6.03 Å². The molecule has 1 aromatic carbocycles. The van der Waals surface area contributed by atoms with Crippen LogP contribution < -0.4 is 5.32 Å². The van der Waals surface area contributed by atoms with Crippen molar-refractivity contribution in [1.29, 1.82) is 0 Å². The van der Waals surface area contributed by atoms with E-state index in [2.05, 4.69) is 5.32 Å². The Bertz CT molecular complexity index is 691. The SMILES string of the molecule is CC(C)(C)CNC(=O)N1CCN(S(=O)(=O)Cc2ccc(F)cc2)CC1. The minimum absolute atomic E-state index is 0.00399. The van der Waals surface area contributed by atoms with E-state index >= 15 is 0 Å². The minimum Gasteiger partial charge on any atom is -0.337 e. The lowest BCUT2D eigenvalue weighted by atomic mass is 9.97. The molecule has 0 atom stereocenters. The predicted molar refractivity (Wildman–Crippen MR) is 95.0 cm³/mol. The Balaban J connectivity index is 1.88. The molecule has 2 rings (SSSR count). The molecular formula is C17H26FN3O3S. The second-order valence-electron chi connectivity index (χ2n) is 7.49. The normalized spacial score (nSPS) is 16.7. The van der Waals surface area contributed by atoms with Crippen molar-refractivity contribution in [3.8, 4) is 0 Å². The molecule has 1 aliphatic rings. The number of carbonyl (C=O) groups excluding carboxylic acids is 1. The summed E-state index contributed by atoms with van der Waals surface area (Å²) in [4.78, 5) is 13.8. The third-order valence-corrected chi connectivity index (χ3v) is 5.80. The first kappa shape index (κ1) is 19.7. The van der Waals surface area contributed by atoms with Crippen LogP contribution in [0, 0.1) is 11.2 Å². The van der Waals surface area contributed by atoms with Crippen molar-refractivity contribution in [2.45, 2.75) is 26.5 Å². The number of amides is 2. The fraction of sp³-hybridized carbons (Fsp3) is 0.588. The molecule has 0 aliphatic carbocycles. The van der Waals surface area contributed by atoms with Gasteiger partial charge in [-0.3, -0.25) is 0 Å². The molecule has 0 radical (unpaired) electrons. The summed E-state index contributed by atoms with van der Waals surface area (Å²) in [5, 5.41) is 2.87. The lowest BCUT2D eigenvalue weighted by Gasteiger charge is -2.34. The summed E-state index contributed by atoms with van der Waals surface area (Å²) in [7, 11) is -3.48. The van der Waals surface area contributed by atoms with Gasteiger partial charge in [0.15, 0.2) is 0 Å². The van der Waals surface area contributed by atoms with E-state index in [4.69, 9.17) is 0 Å². The second kappa shape index (κ2) is 7.70. The van der Waals surface area contributed by atoms with E-state index in [1.54, 1.807) is 4.90 Å². The van der Waals surface area contributed by atoms with Gasteiger partial charge in [0.05, 0.1) is 5.75 Å². The number of nitrogens with zero attached hydrogens (tertiary/aromatic N) is 2. The average molecular weight is 371 g/mol. The van der Waals surface area contributed by atoms with Crippen LogP contribution in [0.4, 0.5) is 9.18 Å². The van der Waals surface area contributed by atoms with Gasteiger partial charge in [-0.15, -0.1) is 0 Å². The molecule has 25 heavy (non-hydrogen) atoms. The molecule has 1 saturated heterocycles. The van der Waals surface area contributed by atoms with Gasteiger partial charge in [0.2, 0.25) is 10.0 Å². The van der Waals surface area contributed by atoms with Crippen LogP contribution in [-0.2, 0) is 15.8 Å². The first-order chi connectivity index (χ1) is 11.6. The number of urea groups is 1. The summed E-state index contributed by atoms with van der Waals surface area (Å²) in [5.74, 6) is -0.556. The molecule has 1 aromatic rings. The van der Waals surface area contributed by atoms with Crippen molar-refractivity contribution < 1.29 is 17.6 Å². The van der Waals surface area contributed by atoms with E-state index in [1.807, 2.05) is 20.8 Å². The van der Waals surface area contributed by atoms with Gasteiger partial charge < -0.3 is 10.2 Å². The molecule has 140 valence electrons. The van der Waals surface area contributed by atoms with Gasteiger partial charge in [-0.05, 0) is 23.1 Å². The largest absolute Gasteiger partial charge is 0.337 e. The average Bonchev–Trinajstić information content (AvgIpc) is 2.54. The van der Waals surface area contributed by atoms with Gasteiger partial charge in [0, 0.05) is 32.7 Å². The molecule has 0 saturated carbocycles. The van der Waals surface area contributed by atoms with Gasteiger partial charge in [0.25, 0.3) is 0 Å². The Morgan fingerprint density at radius 1 is 1.12 bits per heavy atom. The molecule has 1 heterocycles. The number of halogens is 1. The molecule has 1 fully saturated rings. The van der Waals surface area contributed by atoms with E-state index in [9.17, 15) is 17.6 Å². The molecule has 0 bridgehead atoms. The zero-order chi connectivity index (χ0) is 18.7. The Morgan fingerprint density at radius 2 is 1.68 bits per heavy atom. The van der Waals surface area contributed by atoms with E-state index in [0.29, 0.717) is 25.2 Å². The third kappa shape index (κ3) is 5.97. The molecule has 6 nitrogen and oxygen atoms in total. The first-order valence-corrected chi connectivity index (χ1v) is 9.93. The van der Waals surface area contributed by atoms with Crippen LogP contribution >= 0.6 is 0 Å². The van der Waals surface area contributed by atoms with Crippen LogP contribution in [0.2, 0.25) is 0 Å². The van der Waals surface area contributed by atoms with Gasteiger partial charge in [-0.2, -0.15) is 4.31 Å². The maximum Gasteiger partial charge on any atom is 0.317 e. The van der Waals surface area contributed by atoms with Crippen molar-refractivity contribution in [3.05, 3.63) is 35.6 Å². The Kier molecular flexibility index (Phi) is 6.05. The number of sulfonamides is 1. The highest BCUT2D eigenvalue weighted by Gasteiger charge is 2.29. The quantitative estimate of drug-likeness (QED) is 0.880. The highest BCUT2D eigenvalue weighted by molar-refractivity contribution is 7.88. The zero-order valence-electron chi connectivity index (χ0n) is 15.0. The van der Waals surface area contributed by atoms with Crippen LogP contribution in [0.15, 0.2) is 24.3 Å². The van der Waals surface area contributed by atoms with Crippen LogP contribution in [0.5, 0.6) is 0 Å². The van der Waals surface area contributed by atoms with Crippen LogP contribution in [0.3, 0.4) is 0 Å². The number of hydrogen-bond acceptors (Lipinski definition) is 3. The van der Waals surface area contributed by atoms with Crippen LogP contribution in [-0.4, -0.2) is 56.4 Å². The van der Waals surface area contributed by atoms with Gasteiger partial charge in [-0.1, -0.05) is 32.9 Å². The third-order valence-electron chi connectivity index (χ3n) is 3.95. The molecule has 2 amide bonds. The maximum absolute atomic E-state index is 12.9. The minimum atomic E-state index is -3.48. The van der Waals surface area contributed by atoms with E-state index in [1.165, 1.54) is 28.6 Å².